The lowest BCUT2D eigenvalue weighted by Crippen LogP contribution is -2.29. The van der Waals surface area contributed by atoms with Crippen LogP contribution in [0.4, 0.5) is 0 Å². The summed E-state index contributed by atoms with van der Waals surface area (Å²) >= 11 is 0. The SMILES string of the molecule is CCn1cncc1CNC(=O)c1c2c(nn1CCOC)[C@H](C)O[C@H](C)C2. The Balaban J connectivity index is 1.85. The highest BCUT2D eigenvalue weighted by molar-refractivity contribution is 5.94. The number of carbonyl (C=O) groups is 1. The van der Waals surface area contributed by atoms with Crippen LogP contribution in [-0.2, 0) is 35.5 Å². The van der Waals surface area contributed by atoms with E-state index in [0.29, 0.717) is 31.8 Å². The second-order valence-corrected chi connectivity index (χ2v) is 6.58. The Hall–Kier alpha value is -2.19. The highest BCUT2D eigenvalue weighted by Crippen LogP contribution is 2.31. The van der Waals surface area contributed by atoms with Crippen molar-refractivity contribution in [3.05, 3.63) is 35.2 Å². The van der Waals surface area contributed by atoms with Gasteiger partial charge >= 0.3 is 0 Å². The molecule has 1 aliphatic rings. The molecule has 2 aromatic heterocycles. The number of rotatable bonds is 7. The Morgan fingerprint density at radius 2 is 2.27 bits per heavy atom. The van der Waals surface area contributed by atoms with Gasteiger partial charge in [-0.1, -0.05) is 0 Å². The van der Waals surface area contributed by atoms with Crippen molar-refractivity contribution in [2.45, 2.75) is 59.0 Å². The average molecular weight is 361 g/mol. The Morgan fingerprint density at radius 3 is 3.00 bits per heavy atom. The van der Waals surface area contributed by atoms with E-state index in [-0.39, 0.29) is 18.1 Å². The van der Waals surface area contributed by atoms with Crippen LogP contribution < -0.4 is 5.32 Å². The van der Waals surface area contributed by atoms with E-state index in [9.17, 15) is 4.79 Å². The summed E-state index contributed by atoms with van der Waals surface area (Å²) < 4.78 is 14.8. The summed E-state index contributed by atoms with van der Waals surface area (Å²) in [6.07, 6.45) is 4.17. The highest BCUT2D eigenvalue weighted by Gasteiger charge is 2.32. The molecule has 1 aliphatic heterocycles. The molecule has 0 aromatic carbocycles. The van der Waals surface area contributed by atoms with Gasteiger partial charge in [0.1, 0.15) is 5.69 Å². The fourth-order valence-electron chi connectivity index (χ4n) is 3.42. The van der Waals surface area contributed by atoms with Crippen LogP contribution in [0.3, 0.4) is 0 Å². The average Bonchev–Trinajstić information content (AvgIpc) is 3.21. The van der Waals surface area contributed by atoms with Crippen LogP contribution in [0.15, 0.2) is 12.5 Å². The van der Waals surface area contributed by atoms with Crippen molar-refractivity contribution in [3.8, 4) is 0 Å². The molecule has 142 valence electrons. The molecule has 0 saturated carbocycles. The third-order valence-corrected chi connectivity index (χ3v) is 4.69. The quantitative estimate of drug-likeness (QED) is 0.811. The van der Waals surface area contributed by atoms with Crippen LogP contribution in [0.2, 0.25) is 0 Å². The zero-order valence-electron chi connectivity index (χ0n) is 15.9. The van der Waals surface area contributed by atoms with Crippen molar-refractivity contribution in [1.29, 1.82) is 0 Å². The predicted octanol–water partition coefficient (Wildman–Crippen LogP) is 1.70. The monoisotopic (exact) mass is 361 g/mol. The summed E-state index contributed by atoms with van der Waals surface area (Å²) in [6.45, 7) is 8.31. The molecule has 2 atom stereocenters. The smallest absolute Gasteiger partial charge is 0.270 e. The number of nitrogens with one attached hydrogen (secondary N) is 1. The molecule has 2 aromatic rings. The molecule has 0 spiro atoms. The summed E-state index contributed by atoms with van der Waals surface area (Å²) in [4.78, 5) is 17.1. The van der Waals surface area contributed by atoms with Gasteiger partial charge in [-0.2, -0.15) is 5.10 Å². The van der Waals surface area contributed by atoms with Crippen molar-refractivity contribution in [2.75, 3.05) is 13.7 Å². The van der Waals surface area contributed by atoms with Crippen LogP contribution in [0.5, 0.6) is 0 Å². The second kappa shape index (κ2) is 8.01. The normalized spacial score (nSPS) is 19.4. The number of ether oxygens (including phenoxy) is 2. The van der Waals surface area contributed by atoms with E-state index in [1.165, 1.54) is 0 Å². The van der Waals surface area contributed by atoms with Crippen LogP contribution >= 0.6 is 0 Å². The lowest BCUT2D eigenvalue weighted by molar-refractivity contribution is -0.00716. The molecule has 3 rings (SSSR count). The Kier molecular flexibility index (Phi) is 5.73. The van der Waals surface area contributed by atoms with Crippen molar-refractivity contribution in [1.82, 2.24) is 24.6 Å². The first kappa shape index (κ1) is 18.6. The Bertz CT molecular complexity index is 767. The number of hydrogen-bond acceptors (Lipinski definition) is 5. The lowest BCUT2D eigenvalue weighted by atomic mass is 9.99. The summed E-state index contributed by atoms with van der Waals surface area (Å²) in [7, 11) is 1.64. The maximum atomic E-state index is 13.0. The first-order valence-electron chi connectivity index (χ1n) is 9.06. The zero-order chi connectivity index (χ0) is 18.7. The topological polar surface area (TPSA) is 83.2 Å². The van der Waals surface area contributed by atoms with Gasteiger partial charge in [0.25, 0.3) is 5.91 Å². The lowest BCUT2D eigenvalue weighted by Gasteiger charge is -2.24. The van der Waals surface area contributed by atoms with E-state index < -0.39 is 0 Å². The van der Waals surface area contributed by atoms with Gasteiger partial charge in [0.15, 0.2) is 0 Å². The number of amides is 1. The second-order valence-electron chi connectivity index (χ2n) is 6.58. The first-order valence-corrected chi connectivity index (χ1v) is 9.06. The number of imidazole rings is 1. The third kappa shape index (κ3) is 3.66. The molecule has 8 nitrogen and oxygen atoms in total. The van der Waals surface area contributed by atoms with E-state index >= 15 is 0 Å². The molecule has 0 fully saturated rings. The maximum Gasteiger partial charge on any atom is 0.270 e. The molecule has 0 saturated heterocycles. The maximum absolute atomic E-state index is 13.0. The molecule has 0 aliphatic carbocycles. The zero-order valence-corrected chi connectivity index (χ0v) is 15.9. The van der Waals surface area contributed by atoms with Crippen molar-refractivity contribution >= 4 is 5.91 Å². The Morgan fingerprint density at radius 1 is 1.46 bits per heavy atom. The van der Waals surface area contributed by atoms with Crippen molar-refractivity contribution < 1.29 is 14.3 Å². The van der Waals surface area contributed by atoms with Gasteiger partial charge in [0, 0.05) is 31.8 Å². The molecule has 1 amide bonds. The number of aryl methyl sites for hydroxylation is 1. The minimum absolute atomic E-state index is 0.0608. The highest BCUT2D eigenvalue weighted by atomic mass is 16.5. The van der Waals surface area contributed by atoms with E-state index in [1.54, 1.807) is 24.3 Å². The molecule has 3 heterocycles. The first-order chi connectivity index (χ1) is 12.5. The van der Waals surface area contributed by atoms with Crippen LogP contribution in [0.25, 0.3) is 0 Å². The van der Waals surface area contributed by atoms with Crippen LogP contribution in [-0.4, -0.2) is 45.1 Å². The fourth-order valence-corrected chi connectivity index (χ4v) is 3.42. The van der Waals surface area contributed by atoms with Gasteiger partial charge < -0.3 is 19.4 Å². The number of carbonyl (C=O) groups excluding carboxylic acids is 1. The summed E-state index contributed by atoms with van der Waals surface area (Å²) in [5, 5.41) is 7.65. The van der Waals surface area contributed by atoms with Crippen molar-refractivity contribution in [2.24, 2.45) is 0 Å². The molecule has 1 N–H and O–H groups in total. The van der Waals surface area contributed by atoms with Crippen LogP contribution in [0, 0.1) is 0 Å². The largest absolute Gasteiger partial charge is 0.383 e. The van der Waals surface area contributed by atoms with Crippen molar-refractivity contribution in [3.63, 3.8) is 0 Å². The fraction of sp³-hybridized carbons (Fsp3) is 0.611. The number of methoxy groups -OCH3 is 1. The number of nitrogens with zero attached hydrogens (tertiary/aromatic N) is 4. The molecular formula is C18H27N5O3. The van der Waals surface area contributed by atoms with Crippen LogP contribution in [0.1, 0.15) is 54.3 Å². The van der Waals surface area contributed by atoms with Gasteiger partial charge in [0.05, 0.1) is 49.6 Å². The number of hydrogen-bond donors (Lipinski definition) is 1. The summed E-state index contributed by atoms with van der Waals surface area (Å²) in [5.74, 6) is -0.125. The minimum Gasteiger partial charge on any atom is -0.383 e. The molecule has 0 unspecified atom stereocenters. The van der Waals surface area contributed by atoms with Gasteiger partial charge in [0.2, 0.25) is 0 Å². The molecule has 0 radical (unpaired) electrons. The van der Waals surface area contributed by atoms with Gasteiger partial charge in [-0.3, -0.25) is 9.48 Å². The molecule has 8 heteroatoms. The summed E-state index contributed by atoms with van der Waals surface area (Å²) in [6, 6.07) is 0. The van der Waals surface area contributed by atoms with E-state index in [1.807, 2.05) is 25.3 Å². The van der Waals surface area contributed by atoms with Gasteiger partial charge in [-0.25, -0.2) is 4.98 Å². The standard InChI is InChI=1S/C18H27N5O3/c1-5-22-11-19-9-14(22)10-20-18(24)17-15-8-12(2)26-13(3)16(15)21-23(17)6-7-25-4/h9,11-13H,5-8,10H2,1-4H3,(H,20,24)/t12-,13+/m1/s1. The van der Waals surface area contributed by atoms with E-state index in [4.69, 9.17) is 9.47 Å². The predicted molar refractivity (Wildman–Crippen MR) is 95.8 cm³/mol. The minimum atomic E-state index is -0.125. The number of fused-ring (bicyclic) bond motifs is 1. The molecular weight excluding hydrogens is 334 g/mol. The third-order valence-electron chi connectivity index (χ3n) is 4.69. The van der Waals surface area contributed by atoms with E-state index in [0.717, 1.165) is 23.5 Å². The molecule has 26 heavy (non-hydrogen) atoms. The number of aromatic nitrogens is 4. The van der Waals surface area contributed by atoms with Gasteiger partial charge in [-0.05, 0) is 20.8 Å². The summed E-state index contributed by atoms with van der Waals surface area (Å²) in [5.41, 5.74) is 3.42. The Labute approximate surface area is 153 Å². The van der Waals surface area contributed by atoms with E-state index in [2.05, 4.69) is 15.4 Å². The van der Waals surface area contributed by atoms with Gasteiger partial charge in [-0.15, -0.1) is 0 Å². The molecule has 0 bridgehead atoms.